The van der Waals surface area contributed by atoms with Crippen molar-refractivity contribution in [1.29, 1.82) is 0 Å². The summed E-state index contributed by atoms with van der Waals surface area (Å²) in [4.78, 5) is 2.82. The molecule has 0 aliphatic heterocycles. The fraction of sp³-hybridized carbons (Fsp3) is 0.167. The van der Waals surface area contributed by atoms with Gasteiger partial charge in [0.15, 0.2) is 0 Å². The molecule has 0 aliphatic rings. The second-order valence-electron chi connectivity index (χ2n) is 3.49. The van der Waals surface area contributed by atoms with Crippen LogP contribution < -0.4 is 0 Å². The van der Waals surface area contributed by atoms with Crippen LogP contribution in [0.4, 0.5) is 0 Å². The van der Waals surface area contributed by atoms with E-state index in [9.17, 15) is 0 Å². The third-order valence-electron chi connectivity index (χ3n) is 2.48. The Labute approximate surface area is 88.0 Å². The second kappa shape index (κ2) is 4.03. The summed E-state index contributed by atoms with van der Waals surface area (Å²) in [6.45, 7) is 1.89. The van der Waals surface area contributed by atoms with Gasteiger partial charge in [-0.15, -0.1) is 0 Å². The van der Waals surface area contributed by atoms with E-state index in [-0.39, 0.29) is 6.04 Å². The predicted molar refractivity (Wildman–Crippen MR) is 61.5 cm³/mol. The third kappa shape index (κ3) is 1.92. The molecule has 0 aliphatic carbocycles. The van der Waals surface area contributed by atoms with Gasteiger partial charge in [0.1, 0.15) is 0 Å². The van der Waals surface area contributed by atoms with Gasteiger partial charge in [-0.3, -0.25) is 0 Å². The van der Waals surface area contributed by atoms with E-state index < -0.39 is 0 Å². The van der Waals surface area contributed by atoms with Gasteiger partial charge in [-0.2, -0.15) is 0 Å². The molecule has 0 heterocycles. The lowest BCUT2D eigenvalue weighted by molar-refractivity contribution is 0.809. The standard InChI is InChI=1S/C12H11N3/c1-9(14-15-13)11-7-6-10-4-2-3-5-12(10)8-11/h2-9H,1H3/t9-/m1/s1. The molecule has 0 saturated heterocycles. The molecule has 0 spiro atoms. The quantitative estimate of drug-likeness (QED) is 0.393. The maximum absolute atomic E-state index is 8.37. The van der Waals surface area contributed by atoms with Crippen molar-refractivity contribution in [2.75, 3.05) is 0 Å². The molecule has 0 unspecified atom stereocenters. The van der Waals surface area contributed by atoms with Crippen molar-refractivity contribution in [3.05, 3.63) is 58.5 Å². The first-order valence-electron chi connectivity index (χ1n) is 4.84. The Kier molecular flexibility index (Phi) is 2.57. The molecule has 0 N–H and O–H groups in total. The highest BCUT2D eigenvalue weighted by Crippen LogP contribution is 2.22. The molecular formula is C12H11N3. The van der Waals surface area contributed by atoms with Crippen molar-refractivity contribution in [3.63, 3.8) is 0 Å². The van der Waals surface area contributed by atoms with E-state index >= 15 is 0 Å². The van der Waals surface area contributed by atoms with Gasteiger partial charge in [-0.05, 0) is 21.9 Å². The highest BCUT2D eigenvalue weighted by atomic mass is 15.1. The molecule has 0 aromatic heterocycles. The highest BCUT2D eigenvalue weighted by Gasteiger charge is 2.02. The SMILES string of the molecule is C[C@@H](N=[N+]=[N-])c1ccc2ccccc2c1. The smallest absolute Gasteiger partial charge is 0.0597 e. The van der Waals surface area contributed by atoms with E-state index in [1.807, 2.05) is 31.2 Å². The van der Waals surface area contributed by atoms with Crippen molar-refractivity contribution in [1.82, 2.24) is 0 Å². The van der Waals surface area contributed by atoms with Gasteiger partial charge < -0.3 is 0 Å². The molecule has 2 aromatic carbocycles. The van der Waals surface area contributed by atoms with Crippen LogP contribution in [0.25, 0.3) is 21.2 Å². The van der Waals surface area contributed by atoms with Crippen LogP contribution in [0.2, 0.25) is 0 Å². The zero-order valence-corrected chi connectivity index (χ0v) is 8.46. The molecular weight excluding hydrogens is 186 g/mol. The van der Waals surface area contributed by atoms with Crippen molar-refractivity contribution in [2.45, 2.75) is 13.0 Å². The fourth-order valence-corrected chi connectivity index (χ4v) is 1.61. The molecule has 0 saturated carbocycles. The van der Waals surface area contributed by atoms with Gasteiger partial charge in [0.05, 0.1) is 6.04 Å². The molecule has 0 bridgehead atoms. The Morgan fingerprint density at radius 3 is 2.60 bits per heavy atom. The van der Waals surface area contributed by atoms with Gasteiger partial charge >= 0.3 is 0 Å². The summed E-state index contributed by atoms with van der Waals surface area (Å²) in [6.07, 6.45) is 0. The van der Waals surface area contributed by atoms with Crippen molar-refractivity contribution < 1.29 is 0 Å². The summed E-state index contributed by atoms with van der Waals surface area (Å²) in [5, 5.41) is 6.06. The number of hydrogen-bond donors (Lipinski definition) is 0. The van der Waals surface area contributed by atoms with Crippen LogP contribution in [0.3, 0.4) is 0 Å². The predicted octanol–water partition coefficient (Wildman–Crippen LogP) is 4.21. The van der Waals surface area contributed by atoms with Crippen LogP contribution in [0.1, 0.15) is 18.5 Å². The maximum atomic E-state index is 8.37. The van der Waals surface area contributed by atoms with E-state index in [0.717, 1.165) is 5.56 Å². The minimum atomic E-state index is -0.111. The van der Waals surface area contributed by atoms with Gasteiger partial charge in [0.25, 0.3) is 0 Å². The Morgan fingerprint density at radius 2 is 1.87 bits per heavy atom. The van der Waals surface area contributed by atoms with E-state index in [1.165, 1.54) is 10.8 Å². The molecule has 1 atom stereocenters. The molecule has 15 heavy (non-hydrogen) atoms. The second-order valence-corrected chi connectivity index (χ2v) is 3.49. The van der Waals surface area contributed by atoms with Crippen LogP contribution in [0, 0.1) is 0 Å². The summed E-state index contributed by atoms with van der Waals surface area (Å²) in [7, 11) is 0. The lowest BCUT2D eigenvalue weighted by Gasteiger charge is -2.06. The van der Waals surface area contributed by atoms with Crippen molar-refractivity contribution >= 4 is 10.8 Å². The molecule has 0 amide bonds. The Bertz CT molecular complexity index is 527. The molecule has 0 fully saturated rings. The van der Waals surface area contributed by atoms with Crippen molar-refractivity contribution in [2.24, 2.45) is 5.11 Å². The molecule has 3 heteroatoms. The zero-order valence-electron chi connectivity index (χ0n) is 8.46. The van der Waals surface area contributed by atoms with E-state index in [0.29, 0.717) is 0 Å². The Morgan fingerprint density at radius 1 is 1.13 bits per heavy atom. The first-order chi connectivity index (χ1) is 7.31. The first-order valence-corrected chi connectivity index (χ1v) is 4.84. The lowest BCUT2D eigenvalue weighted by atomic mass is 10.0. The maximum Gasteiger partial charge on any atom is 0.0597 e. The normalized spacial score (nSPS) is 12.1. The Balaban J connectivity index is 2.51. The number of fused-ring (bicyclic) bond motifs is 1. The molecule has 2 aromatic rings. The van der Waals surface area contributed by atoms with Crippen LogP contribution in [-0.2, 0) is 0 Å². The van der Waals surface area contributed by atoms with Gasteiger partial charge in [-0.25, -0.2) is 0 Å². The topological polar surface area (TPSA) is 48.8 Å². The van der Waals surface area contributed by atoms with E-state index in [4.69, 9.17) is 5.53 Å². The summed E-state index contributed by atoms with van der Waals surface area (Å²) in [5.41, 5.74) is 9.42. The van der Waals surface area contributed by atoms with Gasteiger partial charge in [-0.1, -0.05) is 54.5 Å². The zero-order chi connectivity index (χ0) is 10.7. The molecule has 3 nitrogen and oxygen atoms in total. The fourth-order valence-electron chi connectivity index (χ4n) is 1.61. The summed E-state index contributed by atoms with van der Waals surface area (Å²) < 4.78 is 0. The molecule has 2 rings (SSSR count). The average molecular weight is 197 g/mol. The summed E-state index contributed by atoms with van der Waals surface area (Å²) in [5.74, 6) is 0. The number of nitrogens with zero attached hydrogens (tertiary/aromatic N) is 3. The van der Waals surface area contributed by atoms with Crippen LogP contribution in [0.15, 0.2) is 47.6 Å². The minimum Gasteiger partial charge on any atom is -0.0862 e. The van der Waals surface area contributed by atoms with Crippen LogP contribution in [-0.4, -0.2) is 0 Å². The first kappa shape index (κ1) is 9.56. The molecule has 74 valence electrons. The van der Waals surface area contributed by atoms with Gasteiger partial charge in [0.2, 0.25) is 0 Å². The van der Waals surface area contributed by atoms with Gasteiger partial charge in [0, 0.05) is 4.91 Å². The third-order valence-corrected chi connectivity index (χ3v) is 2.48. The van der Waals surface area contributed by atoms with Crippen LogP contribution in [0.5, 0.6) is 0 Å². The monoisotopic (exact) mass is 197 g/mol. The number of hydrogen-bond acceptors (Lipinski definition) is 1. The largest absolute Gasteiger partial charge is 0.0862 e. The summed E-state index contributed by atoms with van der Waals surface area (Å²) >= 11 is 0. The highest BCUT2D eigenvalue weighted by molar-refractivity contribution is 5.83. The van der Waals surface area contributed by atoms with Crippen LogP contribution >= 0.6 is 0 Å². The van der Waals surface area contributed by atoms with Crippen molar-refractivity contribution in [3.8, 4) is 0 Å². The minimum absolute atomic E-state index is 0.111. The van der Waals surface area contributed by atoms with E-state index in [2.05, 4.69) is 28.2 Å². The summed E-state index contributed by atoms with van der Waals surface area (Å²) in [6, 6.07) is 14.1. The number of rotatable bonds is 2. The molecule has 0 radical (unpaired) electrons. The lowest BCUT2D eigenvalue weighted by Crippen LogP contribution is -1.87. The number of azide groups is 1. The average Bonchev–Trinajstić information content (AvgIpc) is 2.29. The number of benzene rings is 2. The van der Waals surface area contributed by atoms with E-state index in [1.54, 1.807) is 0 Å². The Hall–Kier alpha value is -1.99.